The zero-order chi connectivity index (χ0) is 12.3. The Kier molecular flexibility index (Phi) is 3.78. The molecule has 17 heavy (non-hydrogen) atoms. The van der Waals surface area contributed by atoms with Crippen molar-refractivity contribution in [3.8, 4) is 0 Å². The fourth-order valence-electron chi connectivity index (χ4n) is 2.23. The van der Waals surface area contributed by atoms with Crippen LogP contribution in [-0.4, -0.2) is 28.8 Å². The molecule has 2 heterocycles. The van der Waals surface area contributed by atoms with Crippen LogP contribution < -0.4 is 10.6 Å². The van der Waals surface area contributed by atoms with Crippen LogP contribution in [0.15, 0.2) is 6.07 Å². The standard InChI is InChI=1S/C12H20N4O/c1-9-7-11(16(2)15-9)14-12(17)4-3-10-5-6-13-8-10/h7,10,13H,3-6,8H2,1-2H3,(H,14,17). The molecule has 1 amide bonds. The van der Waals surface area contributed by atoms with E-state index >= 15 is 0 Å². The number of nitrogens with zero attached hydrogens (tertiary/aromatic N) is 2. The minimum Gasteiger partial charge on any atom is -0.316 e. The van der Waals surface area contributed by atoms with E-state index < -0.39 is 0 Å². The number of hydrogen-bond donors (Lipinski definition) is 2. The fourth-order valence-corrected chi connectivity index (χ4v) is 2.23. The van der Waals surface area contributed by atoms with Crippen molar-refractivity contribution >= 4 is 11.7 Å². The minimum absolute atomic E-state index is 0.0832. The summed E-state index contributed by atoms with van der Waals surface area (Å²) in [6.07, 6.45) is 2.75. The molecule has 1 aromatic heterocycles. The first-order chi connectivity index (χ1) is 8.15. The van der Waals surface area contributed by atoms with Crippen molar-refractivity contribution in [1.29, 1.82) is 0 Å². The van der Waals surface area contributed by atoms with Gasteiger partial charge in [0.05, 0.1) is 5.69 Å². The molecule has 1 unspecified atom stereocenters. The first kappa shape index (κ1) is 12.1. The molecule has 5 heteroatoms. The molecule has 1 aromatic rings. The highest BCUT2D eigenvalue weighted by atomic mass is 16.1. The molecule has 0 aliphatic carbocycles. The van der Waals surface area contributed by atoms with Crippen LogP contribution in [0.5, 0.6) is 0 Å². The smallest absolute Gasteiger partial charge is 0.225 e. The van der Waals surface area contributed by atoms with Gasteiger partial charge in [-0.1, -0.05) is 0 Å². The van der Waals surface area contributed by atoms with Gasteiger partial charge in [-0.05, 0) is 38.8 Å². The van der Waals surface area contributed by atoms with Crippen LogP contribution >= 0.6 is 0 Å². The number of amides is 1. The van der Waals surface area contributed by atoms with Crippen molar-refractivity contribution in [2.24, 2.45) is 13.0 Å². The van der Waals surface area contributed by atoms with Gasteiger partial charge in [0.1, 0.15) is 5.82 Å². The molecule has 94 valence electrons. The third kappa shape index (κ3) is 3.30. The summed E-state index contributed by atoms with van der Waals surface area (Å²) >= 11 is 0. The van der Waals surface area contributed by atoms with Gasteiger partial charge >= 0.3 is 0 Å². The average Bonchev–Trinajstić information content (AvgIpc) is 2.87. The second kappa shape index (κ2) is 5.31. The van der Waals surface area contributed by atoms with Gasteiger partial charge in [0.15, 0.2) is 0 Å². The van der Waals surface area contributed by atoms with Crippen LogP contribution in [-0.2, 0) is 11.8 Å². The van der Waals surface area contributed by atoms with Crippen LogP contribution in [0.3, 0.4) is 0 Å². The van der Waals surface area contributed by atoms with Crippen molar-refractivity contribution in [3.05, 3.63) is 11.8 Å². The number of anilines is 1. The number of carbonyl (C=O) groups excluding carboxylic acids is 1. The van der Waals surface area contributed by atoms with E-state index in [0.29, 0.717) is 12.3 Å². The summed E-state index contributed by atoms with van der Waals surface area (Å²) < 4.78 is 1.70. The summed E-state index contributed by atoms with van der Waals surface area (Å²) in [4.78, 5) is 11.8. The summed E-state index contributed by atoms with van der Waals surface area (Å²) in [5.74, 6) is 1.52. The third-order valence-corrected chi connectivity index (χ3v) is 3.21. The number of aromatic nitrogens is 2. The lowest BCUT2D eigenvalue weighted by molar-refractivity contribution is -0.116. The Balaban J connectivity index is 1.78. The first-order valence-corrected chi connectivity index (χ1v) is 6.16. The minimum atomic E-state index is 0.0832. The van der Waals surface area contributed by atoms with Crippen molar-refractivity contribution in [2.75, 3.05) is 18.4 Å². The highest BCUT2D eigenvalue weighted by molar-refractivity contribution is 5.89. The highest BCUT2D eigenvalue weighted by Crippen LogP contribution is 2.15. The number of aryl methyl sites for hydroxylation is 2. The molecule has 1 aliphatic rings. The quantitative estimate of drug-likeness (QED) is 0.821. The molecule has 5 nitrogen and oxygen atoms in total. The van der Waals surface area contributed by atoms with Crippen LogP contribution in [0.1, 0.15) is 25.0 Å². The zero-order valence-corrected chi connectivity index (χ0v) is 10.5. The maximum atomic E-state index is 11.8. The zero-order valence-electron chi connectivity index (χ0n) is 10.5. The number of rotatable bonds is 4. The summed E-state index contributed by atoms with van der Waals surface area (Å²) in [5.41, 5.74) is 0.919. The van der Waals surface area contributed by atoms with Gasteiger partial charge in [0.2, 0.25) is 5.91 Å². The lowest BCUT2D eigenvalue weighted by Gasteiger charge is -2.08. The Bertz CT molecular complexity index is 393. The van der Waals surface area contributed by atoms with E-state index in [0.717, 1.165) is 31.0 Å². The third-order valence-electron chi connectivity index (χ3n) is 3.21. The van der Waals surface area contributed by atoms with Crippen molar-refractivity contribution in [2.45, 2.75) is 26.2 Å². The van der Waals surface area contributed by atoms with Crippen molar-refractivity contribution in [3.63, 3.8) is 0 Å². The Morgan fingerprint density at radius 3 is 3.12 bits per heavy atom. The predicted molar refractivity (Wildman–Crippen MR) is 66.8 cm³/mol. The van der Waals surface area contributed by atoms with E-state index in [-0.39, 0.29) is 5.91 Å². The van der Waals surface area contributed by atoms with E-state index in [1.807, 2.05) is 20.0 Å². The highest BCUT2D eigenvalue weighted by Gasteiger charge is 2.16. The van der Waals surface area contributed by atoms with E-state index in [1.165, 1.54) is 6.42 Å². The molecular weight excluding hydrogens is 216 g/mol. The Morgan fingerprint density at radius 2 is 2.53 bits per heavy atom. The van der Waals surface area contributed by atoms with Crippen LogP contribution in [0.2, 0.25) is 0 Å². The van der Waals surface area contributed by atoms with E-state index in [9.17, 15) is 4.79 Å². The number of nitrogens with one attached hydrogen (secondary N) is 2. The maximum Gasteiger partial charge on any atom is 0.225 e. The Labute approximate surface area is 102 Å². The second-order valence-corrected chi connectivity index (χ2v) is 4.74. The summed E-state index contributed by atoms with van der Waals surface area (Å²) in [6, 6.07) is 1.88. The van der Waals surface area contributed by atoms with Gasteiger partial charge in [-0.15, -0.1) is 0 Å². The topological polar surface area (TPSA) is 59.0 Å². The van der Waals surface area contributed by atoms with Crippen LogP contribution in [0.4, 0.5) is 5.82 Å². The molecule has 0 spiro atoms. The lowest BCUT2D eigenvalue weighted by Crippen LogP contribution is -2.16. The predicted octanol–water partition coefficient (Wildman–Crippen LogP) is 1.06. The van der Waals surface area contributed by atoms with Gasteiger partial charge in [0.25, 0.3) is 0 Å². The molecule has 1 fully saturated rings. The van der Waals surface area contributed by atoms with Gasteiger partial charge in [-0.25, -0.2) is 0 Å². The van der Waals surface area contributed by atoms with Crippen LogP contribution in [0, 0.1) is 12.8 Å². The van der Waals surface area contributed by atoms with E-state index in [1.54, 1.807) is 4.68 Å². The first-order valence-electron chi connectivity index (χ1n) is 6.16. The second-order valence-electron chi connectivity index (χ2n) is 4.74. The molecule has 2 N–H and O–H groups in total. The SMILES string of the molecule is Cc1cc(NC(=O)CCC2CCNC2)n(C)n1. The molecular formula is C12H20N4O. The Hall–Kier alpha value is -1.36. The van der Waals surface area contributed by atoms with Crippen LogP contribution in [0.25, 0.3) is 0 Å². The number of hydrogen-bond acceptors (Lipinski definition) is 3. The summed E-state index contributed by atoms with van der Waals surface area (Å²) in [7, 11) is 1.84. The van der Waals surface area contributed by atoms with Gasteiger partial charge in [-0.2, -0.15) is 5.10 Å². The normalized spacial score (nSPS) is 19.5. The summed E-state index contributed by atoms with van der Waals surface area (Å²) in [5, 5.41) is 10.4. The molecule has 0 bridgehead atoms. The largest absolute Gasteiger partial charge is 0.316 e. The van der Waals surface area contributed by atoms with Crippen molar-refractivity contribution < 1.29 is 4.79 Å². The fraction of sp³-hybridized carbons (Fsp3) is 0.667. The van der Waals surface area contributed by atoms with E-state index in [2.05, 4.69) is 15.7 Å². The molecule has 2 rings (SSSR count). The van der Waals surface area contributed by atoms with Gasteiger partial charge in [-0.3, -0.25) is 9.48 Å². The summed E-state index contributed by atoms with van der Waals surface area (Å²) in [6.45, 7) is 4.06. The van der Waals surface area contributed by atoms with Gasteiger partial charge in [0, 0.05) is 19.5 Å². The molecule has 0 radical (unpaired) electrons. The Morgan fingerprint density at radius 1 is 1.71 bits per heavy atom. The molecule has 0 saturated carbocycles. The molecule has 1 saturated heterocycles. The molecule has 1 aliphatic heterocycles. The van der Waals surface area contributed by atoms with Gasteiger partial charge < -0.3 is 10.6 Å². The number of carbonyl (C=O) groups is 1. The molecule has 1 atom stereocenters. The van der Waals surface area contributed by atoms with Crippen molar-refractivity contribution in [1.82, 2.24) is 15.1 Å². The average molecular weight is 236 g/mol. The maximum absolute atomic E-state index is 11.8. The lowest BCUT2D eigenvalue weighted by atomic mass is 10.0. The van der Waals surface area contributed by atoms with E-state index in [4.69, 9.17) is 0 Å². The molecule has 0 aromatic carbocycles. The monoisotopic (exact) mass is 236 g/mol.